The van der Waals surface area contributed by atoms with Crippen LogP contribution < -0.4 is 10.6 Å². The minimum atomic E-state index is -4.82. The van der Waals surface area contributed by atoms with Gasteiger partial charge < -0.3 is 10.6 Å². The molecule has 31 heavy (non-hydrogen) atoms. The van der Waals surface area contributed by atoms with E-state index in [1.807, 2.05) is 20.8 Å². The number of carbonyl (C=O) groups excluding carboxylic acids is 1. The van der Waals surface area contributed by atoms with Crippen molar-refractivity contribution in [3.63, 3.8) is 0 Å². The number of nitrogens with one attached hydrogen (secondary N) is 2. The van der Waals surface area contributed by atoms with Gasteiger partial charge in [-0.1, -0.05) is 50.1 Å². The Balaban J connectivity index is 0.000000262. The predicted octanol–water partition coefficient (Wildman–Crippen LogP) is 3.63. The summed E-state index contributed by atoms with van der Waals surface area (Å²) >= 11 is 0. The molecule has 1 aromatic rings. The smallest absolute Gasteiger partial charge is 0.345 e. The first-order valence-corrected chi connectivity index (χ1v) is 11.3. The van der Waals surface area contributed by atoms with Gasteiger partial charge in [-0.3, -0.25) is 9.35 Å². The third-order valence-electron chi connectivity index (χ3n) is 6.05. The fourth-order valence-electron chi connectivity index (χ4n) is 4.34. The summed E-state index contributed by atoms with van der Waals surface area (Å²) in [4.78, 5) is 11.1. The van der Waals surface area contributed by atoms with Gasteiger partial charge in [-0.15, -0.1) is 0 Å². The van der Waals surface area contributed by atoms with Crippen LogP contribution >= 0.6 is 0 Å². The van der Waals surface area contributed by atoms with Gasteiger partial charge in [-0.05, 0) is 31.9 Å². The average molecular weight is 463 g/mol. The molecule has 0 aromatic heterocycles. The molecular formula is C21H29F3N2O4S. The minimum absolute atomic E-state index is 0.0266. The molecule has 0 spiro atoms. The minimum Gasteiger partial charge on any atom is -0.345 e. The Morgan fingerprint density at radius 2 is 1.77 bits per heavy atom. The van der Waals surface area contributed by atoms with Crippen molar-refractivity contribution in [2.45, 2.75) is 57.7 Å². The molecule has 2 atom stereocenters. The van der Waals surface area contributed by atoms with Crippen molar-refractivity contribution in [2.75, 3.05) is 13.1 Å². The van der Waals surface area contributed by atoms with Gasteiger partial charge in [-0.25, -0.2) is 0 Å². The molecule has 1 heterocycles. The number of hydrogen-bond acceptors (Lipinski definition) is 4. The lowest BCUT2D eigenvalue weighted by atomic mass is 9.57. The van der Waals surface area contributed by atoms with Gasteiger partial charge in [-0.2, -0.15) is 21.6 Å². The molecule has 3 N–H and O–H groups in total. The Hall–Kier alpha value is -1.91. The maximum Gasteiger partial charge on any atom is 0.471 e. The lowest BCUT2D eigenvalue weighted by Crippen LogP contribution is -2.57. The second-order valence-electron chi connectivity index (χ2n) is 8.88. The Morgan fingerprint density at radius 3 is 2.29 bits per heavy atom. The monoisotopic (exact) mass is 462 g/mol. The standard InChI is InChI=1S/C14H21F3N2O.C7H8O3S/c1-12(2)9-5-7-18-8-13(9,3)6-4-10(12)19-11(20)14(15,16)17;1-6-2-4-7(5-3-6)11(8,9)10/h5,10,18H,4,6-8H2,1-3H3,(H,19,20);2-5H,1H3,(H,8,9,10)/t10-,13+;/m0./s1. The van der Waals surface area contributed by atoms with E-state index in [0.717, 1.165) is 30.6 Å². The molecule has 174 valence electrons. The van der Waals surface area contributed by atoms with E-state index in [1.165, 1.54) is 12.1 Å². The molecule has 1 aromatic carbocycles. The molecule has 0 radical (unpaired) electrons. The van der Waals surface area contributed by atoms with Crippen LogP contribution in [-0.2, 0) is 14.9 Å². The first-order chi connectivity index (χ1) is 14.1. The Labute approximate surface area is 181 Å². The maximum absolute atomic E-state index is 12.4. The second-order valence-corrected chi connectivity index (χ2v) is 10.3. The van der Waals surface area contributed by atoms with Crippen LogP contribution in [0.1, 0.15) is 39.2 Å². The van der Waals surface area contributed by atoms with Crippen LogP contribution in [0, 0.1) is 17.8 Å². The van der Waals surface area contributed by atoms with E-state index in [4.69, 9.17) is 4.55 Å². The molecule has 1 saturated carbocycles. The fourth-order valence-corrected chi connectivity index (χ4v) is 4.82. The number of amides is 1. The van der Waals surface area contributed by atoms with E-state index in [1.54, 1.807) is 12.1 Å². The van der Waals surface area contributed by atoms with Crippen LogP contribution in [-0.4, -0.2) is 44.2 Å². The summed E-state index contributed by atoms with van der Waals surface area (Å²) in [5.74, 6) is -1.84. The summed E-state index contributed by atoms with van der Waals surface area (Å²) < 4.78 is 66.8. The average Bonchev–Trinajstić information content (AvgIpc) is 2.63. The zero-order chi connectivity index (χ0) is 23.7. The molecule has 0 unspecified atom stereocenters. The van der Waals surface area contributed by atoms with Gasteiger partial charge >= 0.3 is 12.1 Å². The lowest BCUT2D eigenvalue weighted by molar-refractivity contribution is -0.175. The van der Waals surface area contributed by atoms with Crippen LogP contribution in [0.2, 0.25) is 0 Å². The number of fused-ring (bicyclic) bond motifs is 1. The van der Waals surface area contributed by atoms with E-state index in [-0.39, 0.29) is 10.3 Å². The van der Waals surface area contributed by atoms with Crippen molar-refractivity contribution in [1.82, 2.24) is 10.6 Å². The summed E-state index contributed by atoms with van der Waals surface area (Å²) in [6.45, 7) is 9.38. The number of rotatable bonds is 2. The van der Waals surface area contributed by atoms with E-state index in [2.05, 4.69) is 23.6 Å². The lowest BCUT2D eigenvalue weighted by Gasteiger charge is -2.52. The SMILES string of the molecule is CC1(C)C2=CCNC[C@@]2(C)CC[C@@H]1NC(=O)C(F)(F)F.Cc1ccc(S(=O)(=O)O)cc1. The summed E-state index contributed by atoms with van der Waals surface area (Å²) in [7, 11) is -4.02. The van der Waals surface area contributed by atoms with E-state index >= 15 is 0 Å². The van der Waals surface area contributed by atoms with Crippen LogP contribution in [0.4, 0.5) is 13.2 Å². The molecule has 6 nitrogen and oxygen atoms in total. The second kappa shape index (κ2) is 8.91. The maximum atomic E-state index is 12.4. The summed E-state index contributed by atoms with van der Waals surface area (Å²) in [6, 6.07) is 5.51. The first kappa shape index (κ1) is 25.4. The number of aryl methyl sites for hydroxylation is 1. The van der Waals surface area contributed by atoms with Crippen molar-refractivity contribution in [2.24, 2.45) is 10.8 Å². The first-order valence-electron chi connectivity index (χ1n) is 9.91. The number of alkyl halides is 3. The zero-order valence-corrected chi connectivity index (χ0v) is 18.8. The largest absolute Gasteiger partial charge is 0.471 e. The molecular weight excluding hydrogens is 433 g/mol. The number of hydrogen-bond donors (Lipinski definition) is 3. The van der Waals surface area contributed by atoms with Gasteiger partial charge in [0.25, 0.3) is 10.1 Å². The van der Waals surface area contributed by atoms with Gasteiger partial charge in [0.05, 0.1) is 4.90 Å². The van der Waals surface area contributed by atoms with Crippen molar-refractivity contribution in [1.29, 1.82) is 0 Å². The summed E-state index contributed by atoms with van der Waals surface area (Å²) in [5, 5.41) is 5.47. The molecule has 0 saturated heterocycles. The van der Waals surface area contributed by atoms with Gasteiger partial charge in [0.15, 0.2) is 0 Å². The van der Waals surface area contributed by atoms with Crippen molar-refractivity contribution < 1.29 is 30.9 Å². The van der Waals surface area contributed by atoms with E-state index in [0.29, 0.717) is 6.42 Å². The van der Waals surface area contributed by atoms with Crippen LogP contribution in [0.15, 0.2) is 40.8 Å². The highest BCUT2D eigenvalue weighted by Gasteiger charge is 2.50. The van der Waals surface area contributed by atoms with E-state index < -0.39 is 33.7 Å². The predicted molar refractivity (Wildman–Crippen MR) is 111 cm³/mol. The molecule has 0 bridgehead atoms. The quantitative estimate of drug-likeness (QED) is 0.461. The normalized spacial score (nSPS) is 25.4. The summed E-state index contributed by atoms with van der Waals surface area (Å²) in [6.07, 6.45) is -1.42. The molecule has 1 fully saturated rings. The number of benzene rings is 1. The molecule has 10 heteroatoms. The van der Waals surface area contributed by atoms with Crippen molar-refractivity contribution in [3.05, 3.63) is 41.5 Å². The van der Waals surface area contributed by atoms with Gasteiger partial charge in [0.1, 0.15) is 0 Å². The highest BCUT2D eigenvalue weighted by atomic mass is 32.2. The van der Waals surface area contributed by atoms with E-state index in [9.17, 15) is 26.4 Å². The molecule has 1 aliphatic carbocycles. The molecule has 2 aliphatic rings. The zero-order valence-electron chi connectivity index (χ0n) is 18.0. The highest BCUT2D eigenvalue weighted by molar-refractivity contribution is 7.85. The fraction of sp³-hybridized carbons (Fsp3) is 0.571. The Morgan fingerprint density at radius 1 is 1.19 bits per heavy atom. The summed E-state index contributed by atoms with van der Waals surface area (Å²) in [5.41, 5.74) is 1.62. The number of halogens is 3. The molecule has 1 amide bonds. The third-order valence-corrected chi connectivity index (χ3v) is 6.92. The highest BCUT2D eigenvalue weighted by Crippen LogP contribution is 2.51. The Kier molecular flexibility index (Phi) is 7.29. The van der Waals surface area contributed by atoms with Gasteiger partial charge in [0.2, 0.25) is 0 Å². The van der Waals surface area contributed by atoms with Crippen molar-refractivity contribution >= 4 is 16.0 Å². The van der Waals surface area contributed by atoms with Crippen LogP contribution in [0.25, 0.3) is 0 Å². The number of carbonyl (C=O) groups is 1. The Bertz CT molecular complexity index is 940. The molecule has 1 aliphatic heterocycles. The topological polar surface area (TPSA) is 95.5 Å². The van der Waals surface area contributed by atoms with Crippen molar-refractivity contribution in [3.8, 4) is 0 Å². The van der Waals surface area contributed by atoms with Gasteiger partial charge in [0, 0.05) is 30.0 Å². The third kappa shape index (κ3) is 6.08. The molecule has 3 rings (SSSR count). The van der Waals surface area contributed by atoms with Crippen LogP contribution in [0.5, 0.6) is 0 Å². The van der Waals surface area contributed by atoms with Crippen LogP contribution in [0.3, 0.4) is 0 Å².